The Bertz CT molecular complexity index is 810. The zero-order valence-electron chi connectivity index (χ0n) is 18.9. The average molecular weight is 473 g/mol. The maximum Gasteiger partial charge on any atom is 0.214 e. The maximum absolute atomic E-state index is 12.3. The van der Waals surface area contributed by atoms with Crippen LogP contribution in [0.15, 0.2) is 18.2 Å². The molecule has 1 aliphatic carbocycles. The fourth-order valence-corrected chi connectivity index (χ4v) is 5.68. The van der Waals surface area contributed by atoms with Crippen molar-refractivity contribution in [3.63, 3.8) is 0 Å². The Hall–Kier alpha value is -0.860. The molecule has 0 radical (unpaired) electrons. The first kappa shape index (κ1) is 24.8. The van der Waals surface area contributed by atoms with Crippen molar-refractivity contribution in [2.24, 2.45) is 0 Å². The van der Waals surface area contributed by atoms with Gasteiger partial charge in [0.05, 0.1) is 24.6 Å². The lowest BCUT2D eigenvalue weighted by atomic mass is 9.82. The summed E-state index contributed by atoms with van der Waals surface area (Å²) < 4.78 is 39.6. The van der Waals surface area contributed by atoms with Crippen LogP contribution in [0.4, 0.5) is 0 Å². The van der Waals surface area contributed by atoms with Crippen molar-refractivity contribution >= 4 is 21.6 Å². The molecule has 3 rings (SSSR count). The summed E-state index contributed by atoms with van der Waals surface area (Å²) in [5.41, 5.74) is 1.20. The van der Waals surface area contributed by atoms with Gasteiger partial charge in [-0.1, -0.05) is 11.6 Å². The molecule has 1 aromatic rings. The van der Waals surface area contributed by atoms with Crippen LogP contribution in [-0.2, 0) is 14.8 Å². The summed E-state index contributed by atoms with van der Waals surface area (Å²) in [5, 5.41) is 3.76. The molecule has 1 heterocycles. The Labute approximate surface area is 192 Å². The molecule has 2 atom stereocenters. The second-order valence-corrected chi connectivity index (χ2v) is 11.6. The smallest absolute Gasteiger partial charge is 0.214 e. The van der Waals surface area contributed by atoms with Crippen LogP contribution in [0.2, 0.25) is 5.02 Å². The molecule has 2 fully saturated rings. The molecule has 6 nitrogen and oxygen atoms in total. The Kier molecular flexibility index (Phi) is 9.05. The molecule has 1 aliphatic heterocycles. The molecule has 31 heavy (non-hydrogen) atoms. The summed E-state index contributed by atoms with van der Waals surface area (Å²) in [5.74, 6) is 1.36. The number of rotatable bonds is 9. The molecule has 0 aromatic heterocycles. The van der Waals surface area contributed by atoms with Crippen molar-refractivity contribution < 1.29 is 17.9 Å². The second kappa shape index (κ2) is 11.3. The first-order chi connectivity index (χ1) is 14.8. The molecular weight excluding hydrogens is 436 g/mol. The second-order valence-electron chi connectivity index (χ2n) is 8.94. The monoisotopic (exact) mass is 472 g/mol. The van der Waals surface area contributed by atoms with E-state index in [4.69, 9.17) is 21.1 Å². The standard InChI is InChI=1S/C23H37ClN2O4S/c1-4-29-23-12-9-18(24)14-20(23)17-7-10-19(11-8-17)30-15-22-21(6-5-13-25-22)26-31(27,28)16(2)3/h9,12,14,16-17,19,21-22,25-26H,4-8,10-11,13,15H2,1-3H3/t17?,19?,21-,22-/m0/s1. The largest absolute Gasteiger partial charge is 0.494 e. The van der Waals surface area contributed by atoms with Crippen LogP contribution >= 0.6 is 11.6 Å². The molecule has 2 aliphatic rings. The van der Waals surface area contributed by atoms with E-state index >= 15 is 0 Å². The molecule has 0 amide bonds. The van der Waals surface area contributed by atoms with Crippen molar-refractivity contribution in [2.75, 3.05) is 19.8 Å². The Morgan fingerprint density at radius 3 is 2.61 bits per heavy atom. The van der Waals surface area contributed by atoms with Crippen molar-refractivity contribution in [3.8, 4) is 5.75 Å². The van der Waals surface area contributed by atoms with Gasteiger partial charge in [0.2, 0.25) is 10.0 Å². The van der Waals surface area contributed by atoms with Crippen LogP contribution in [0.25, 0.3) is 0 Å². The average Bonchev–Trinajstić information content (AvgIpc) is 2.74. The highest BCUT2D eigenvalue weighted by molar-refractivity contribution is 7.90. The highest BCUT2D eigenvalue weighted by Crippen LogP contribution is 2.39. The van der Waals surface area contributed by atoms with Gasteiger partial charge in [0.25, 0.3) is 0 Å². The quantitative estimate of drug-likeness (QED) is 0.562. The van der Waals surface area contributed by atoms with Gasteiger partial charge in [-0.2, -0.15) is 0 Å². The molecule has 1 saturated heterocycles. The van der Waals surface area contributed by atoms with Crippen LogP contribution < -0.4 is 14.8 Å². The van der Waals surface area contributed by atoms with E-state index in [-0.39, 0.29) is 18.2 Å². The zero-order valence-corrected chi connectivity index (χ0v) is 20.5. The number of nitrogens with one attached hydrogen (secondary N) is 2. The number of sulfonamides is 1. The molecule has 8 heteroatoms. The summed E-state index contributed by atoms with van der Waals surface area (Å²) in [6.07, 6.45) is 6.05. The summed E-state index contributed by atoms with van der Waals surface area (Å²) in [7, 11) is -3.29. The number of piperidine rings is 1. The van der Waals surface area contributed by atoms with E-state index in [1.165, 1.54) is 5.56 Å². The van der Waals surface area contributed by atoms with Gasteiger partial charge in [0, 0.05) is 17.1 Å². The maximum atomic E-state index is 12.3. The van der Waals surface area contributed by atoms with E-state index < -0.39 is 15.3 Å². The summed E-state index contributed by atoms with van der Waals surface area (Å²) >= 11 is 6.24. The van der Waals surface area contributed by atoms with E-state index in [2.05, 4.69) is 10.0 Å². The van der Waals surface area contributed by atoms with Crippen molar-refractivity contribution in [2.45, 2.75) is 88.7 Å². The fraction of sp³-hybridized carbons (Fsp3) is 0.739. The van der Waals surface area contributed by atoms with Gasteiger partial charge in [-0.15, -0.1) is 0 Å². The first-order valence-electron chi connectivity index (χ1n) is 11.6. The first-order valence-corrected chi connectivity index (χ1v) is 13.5. The Morgan fingerprint density at radius 2 is 1.94 bits per heavy atom. The van der Waals surface area contributed by atoms with Gasteiger partial charge in [0.1, 0.15) is 5.75 Å². The Balaban J connectivity index is 1.52. The van der Waals surface area contributed by atoms with E-state index in [0.29, 0.717) is 19.1 Å². The lowest BCUT2D eigenvalue weighted by Gasteiger charge is -2.35. The molecular formula is C23H37ClN2O4S. The summed E-state index contributed by atoms with van der Waals surface area (Å²) in [4.78, 5) is 0. The molecule has 0 unspecified atom stereocenters. The van der Waals surface area contributed by atoms with E-state index in [9.17, 15) is 8.42 Å². The lowest BCUT2D eigenvalue weighted by molar-refractivity contribution is 0.00509. The molecule has 1 saturated carbocycles. The minimum atomic E-state index is -3.29. The summed E-state index contributed by atoms with van der Waals surface area (Å²) in [6, 6.07) is 5.79. The topological polar surface area (TPSA) is 76.7 Å². The number of ether oxygens (including phenoxy) is 2. The van der Waals surface area contributed by atoms with Gasteiger partial charge in [0.15, 0.2) is 0 Å². The third kappa shape index (κ3) is 6.81. The van der Waals surface area contributed by atoms with Crippen LogP contribution in [0, 0.1) is 0 Å². The molecule has 0 spiro atoms. The van der Waals surface area contributed by atoms with E-state index in [1.54, 1.807) is 13.8 Å². The molecule has 2 N–H and O–H groups in total. The third-order valence-electron chi connectivity index (χ3n) is 6.42. The SMILES string of the molecule is CCOc1ccc(Cl)cc1C1CCC(OC[C@@H]2NCCC[C@@H]2NS(=O)(=O)C(C)C)CC1. The lowest BCUT2D eigenvalue weighted by Crippen LogP contribution is -2.56. The van der Waals surface area contributed by atoms with Gasteiger partial charge in [-0.3, -0.25) is 0 Å². The predicted molar refractivity (Wildman–Crippen MR) is 126 cm³/mol. The minimum Gasteiger partial charge on any atom is -0.494 e. The van der Waals surface area contributed by atoms with Crippen molar-refractivity contribution in [1.29, 1.82) is 0 Å². The highest BCUT2D eigenvalue weighted by atomic mass is 35.5. The number of benzene rings is 1. The van der Waals surface area contributed by atoms with Crippen LogP contribution in [0.5, 0.6) is 5.75 Å². The van der Waals surface area contributed by atoms with Crippen molar-refractivity contribution in [1.82, 2.24) is 10.0 Å². The van der Waals surface area contributed by atoms with Gasteiger partial charge >= 0.3 is 0 Å². The van der Waals surface area contributed by atoms with Crippen LogP contribution in [0.1, 0.15) is 70.8 Å². The Morgan fingerprint density at radius 1 is 1.19 bits per heavy atom. The highest BCUT2D eigenvalue weighted by Gasteiger charge is 2.31. The molecule has 176 valence electrons. The van der Waals surface area contributed by atoms with E-state index in [1.807, 2.05) is 25.1 Å². The van der Waals surface area contributed by atoms with E-state index in [0.717, 1.165) is 55.8 Å². The normalized spacial score (nSPS) is 27.4. The molecule has 0 bridgehead atoms. The van der Waals surface area contributed by atoms with Crippen molar-refractivity contribution in [3.05, 3.63) is 28.8 Å². The zero-order chi connectivity index (χ0) is 22.4. The predicted octanol–water partition coefficient (Wildman–Crippen LogP) is 4.23. The third-order valence-corrected chi connectivity index (χ3v) is 8.53. The van der Waals surface area contributed by atoms with Gasteiger partial charge < -0.3 is 14.8 Å². The van der Waals surface area contributed by atoms with Gasteiger partial charge in [-0.05, 0) is 95.5 Å². The molecule has 1 aromatic carbocycles. The number of hydrogen-bond acceptors (Lipinski definition) is 5. The fourth-order valence-electron chi connectivity index (χ4n) is 4.52. The minimum absolute atomic E-state index is 0.0116. The van der Waals surface area contributed by atoms with Crippen LogP contribution in [-0.4, -0.2) is 51.6 Å². The van der Waals surface area contributed by atoms with Crippen LogP contribution in [0.3, 0.4) is 0 Å². The number of hydrogen-bond donors (Lipinski definition) is 2. The summed E-state index contributed by atoms with van der Waals surface area (Å²) in [6.45, 7) is 7.48. The van der Waals surface area contributed by atoms with Gasteiger partial charge in [-0.25, -0.2) is 13.1 Å². The number of halogens is 1.